The Balaban J connectivity index is 1.75. The number of aliphatic hydroxyl groups excluding tert-OH is 1. The average molecular weight is 484 g/mol. The van der Waals surface area contributed by atoms with E-state index in [1.54, 1.807) is 6.07 Å². The number of hydrogen-bond donors (Lipinski definition) is 2. The molecule has 2 heterocycles. The molecule has 1 saturated heterocycles. The number of fused-ring (bicyclic) bond motifs is 1. The number of Topliss-reactive ketones (excluding diaryl/α,β-unsaturated/α-hetero) is 1. The van der Waals surface area contributed by atoms with Crippen LogP contribution < -0.4 is 4.90 Å². The van der Waals surface area contributed by atoms with Crippen LogP contribution in [0.1, 0.15) is 49.1 Å². The smallest absolute Gasteiger partial charge is 0.302 e. The van der Waals surface area contributed by atoms with E-state index in [0.29, 0.717) is 22.2 Å². The second kappa shape index (κ2) is 8.45. The van der Waals surface area contributed by atoms with Crippen LogP contribution in [-0.4, -0.2) is 26.8 Å². The quantitative estimate of drug-likeness (QED) is 0.215. The lowest BCUT2D eigenvalue weighted by Gasteiger charge is -2.24. The Hall–Kier alpha value is -4.26. The Morgan fingerprint density at radius 1 is 1.03 bits per heavy atom. The number of aromatic amines is 1. The number of nitrogens with one attached hydrogen (secondary N) is 1. The van der Waals surface area contributed by atoms with Gasteiger partial charge in [0.2, 0.25) is 5.95 Å². The van der Waals surface area contributed by atoms with Crippen molar-refractivity contribution >= 4 is 34.4 Å². The molecule has 1 fully saturated rings. The van der Waals surface area contributed by atoms with Crippen LogP contribution in [0.5, 0.6) is 0 Å². The predicted octanol–water partition coefficient (Wildman–Crippen LogP) is 5.93. The predicted molar refractivity (Wildman–Crippen MR) is 137 cm³/mol. The van der Waals surface area contributed by atoms with Gasteiger partial charge in [0.05, 0.1) is 22.6 Å². The zero-order valence-electron chi connectivity index (χ0n) is 20.5. The number of amides is 1. The Morgan fingerprint density at radius 2 is 1.72 bits per heavy atom. The summed E-state index contributed by atoms with van der Waals surface area (Å²) < 4.78 is 13.8. The number of benzene rings is 3. The van der Waals surface area contributed by atoms with Gasteiger partial charge in [-0.2, -0.15) is 0 Å². The Kier molecular flexibility index (Phi) is 5.51. The number of imidazole rings is 1. The third-order valence-corrected chi connectivity index (χ3v) is 6.59. The van der Waals surface area contributed by atoms with Gasteiger partial charge in [0, 0.05) is 5.56 Å². The number of para-hydroxylation sites is 2. The number of aromatic nitrogens is 2. The van der Waals surface area contributed by atoms with Gasteiger partial charge in [-0.05, 0) is 59.4 Å². The first-order valence-electron chi connectivity index (χ1n) is 11.7. The monoisotopic (exact) mass is 483 g/mol. The van der Waals surface area contributed by atoms with Gasteiger partial charge in [-0.3, -0.25) is 14.5 Å². The number of aryl methyl sites for hydroxylation is 1. The highest BCUT2D eigenvalue weighted by atomic mass is 19.1. The normalized spacial score (nSPS) is 17.8. The van der Waals surface area contributed by atoms with E-state index >= 15 is 0 Å². The van der Waals surface area contributed by atoms with Crippen LogP contribution >= 0.6 is 0 Å². The summed E-state index contributed by atoms with van der Waals surface area (Å²) in [6, 6.07) is 17.5. The van der Waals surface area contributed by atoms with Crippen LogP contribution in [0.15, 0.2) is 72.3 Å². The number of anilines is 1. The number of nitrogens with zero attached hydrogens (tertiary/aromatic N) is 2. The van der Waals surface area contributed by atoms with Gasteiger partial charge in [0.1, 0.15) is 11.6 Å². The minimum atomic E-state index is -0.996. The summed E-state index contributed by atoms with van der Waals surface area (Å²) in [7, 11) is 0. The highest BCUT2D eigenvalue weighted by molar-refractivity contribution is 6.51. The lowest BCUT2D eigenvalue weighted by Crippen LogP contribution is -2.30. The highest BCUT2D eigenvalue weighted by Crippen LogP contribution is 2.42. The number of rotatable bonds is 3. The zero-order chi connectivity index (χ0) is 25.8. The van der Waals surface area contributed by atoms with Crippen molar-refractivity contribution in [3.63, 3.8) is 0 Å². The van der Waals surface area contributed by atoms with Crippen LogP contribution in [0.3, 0.4) is 0 Å². The zero-order valence-corrected chi connectivity index (χ0v) is 20.5. The van der Waals surface area contributed by atoms with Crippen molar-refractivity contribution in [3.8, 4) is 0 Å². The number of ketones is 1. The molecule has 1 atom stereocenters. The molecular weight excluding hydrogens is 457 g/mol. The van der Waals surface area contributed by atoms with Crippen LogP contribution in [0.4, 0.5) is 10.3 Å². The fourth-order valence-corrected chi connectivity index (χ4v) is 4.55. The van der Waals surface area contributed by atoms with E-state index in [2.05, 4.69) is 30.7 Å². The summed E-state index contributed by atoms with van der Waals surface area (Å²) in [6.45, 7) is 8.01. The van der Waals surface area contributed by atoms with E-state index in [9.17, 15) is 19.1 Å². The Bertz CT molecular complexity index is 1510. The SMILES string of the molecule is Cc1ccc(C(C)(C)C)cc1/C(O)=C1\C(=O)C(=O)N(c2nc3ccccc3[nH]2)C1c1ccc(F)cc1. The van der Waals surface area contributed by atoms with Gasteiger partial charge < -0.3 is 10.1 Å². The van der Waals surface area contributed by atoms with Gasteiger partial charge >= 0.3 is 5.91 Å². The van der Waals surface area contributed by atoms with E-state index in [4.69, 9.17) is 0 Å². The van der Waals surface area contributed by atoms with E-state index in [1.165, 1.54) is 29.2 Å². The van der Waals surface area contributed by atoms with Crippen molar-refractivity contribution in [2.24, 2.45) is 0 Å². The molecule has 3 aromatic carbocycles. The third kappa shape index (κ3) is 3.86. The molecule has 1 aliphatic heterocycles. The van der Waals surface area contributed by atoms with Crippen molar-refractivity contribution in [1.82, 2.24) is 9.97 Å². The Morgan fingerprint density at radius 3 is 2.39 bits per heavy atom. The molecule has 1 amide bonds. The second-order valence-corrected chi connectivity index (χ2v) is 10.1. The van der Waals surface area contributed by atoms with Gasteiger partial charge in [-0.15, -0.1) is 0 Å². The molecule has 36 heavy (non-hydrogen) atoms. The van der Waals surface area contributed by atoms with Crippen molar-refractivity contribution in [2.45, 2.75) is 39.2 Å². The first-order valence-corrected chi connectivity index (χ1v) is 11.7. The lowest BCUT2D eigenvalue weighted by atomic mass is 9.84. The molecule has 0 saturated carbocycles. The van der Waals surface area contributed by atoms with Gasteiger partial charge in [-0.1, -0.05) is 57.2 Å². The topological polar surface area (TPSA) is 86.3 Å². The average Bonchev–Trinajstić information content (AvgIpc) is 3.37. The summed E-state index contributed by atoms with van der Waals surface area (Å²) in [5.41, 5.74) is 3.73. The molecule has 0 spiro atoms. The maximum Gasteiger partial charge on any atom is 0.302 e. The lowest BCUT2D eigenvalue weighted by molar-refractivity contribution is -0.132. The maximum absolute atomic E-state index is 13.8. The van der Waals surface area contributed by atoms with Gasteiger partial charge in [-0.25, -0.2) is 9.37 Å². The number of carbonyl (C=O) groups is 2. The maximum atomic E-state index is 13.8. The van der Waals surface area contributed by atoms with Crippen molar-refractivity contribution in [1.29, 1.82) is 0 Å². The van der Waals surface area contributed by atoms with Crippen LogP contribution in [0, 0.1) is 12.7 Å². The van der Waals surface area contributed by atoms with E-state index in [0.717, 1.165) is 11.1 Å². The molecule has 7 heteroatoms. The van der Waals surface area contributed by atoms with Crippen LogP contribution in [0.2, 0.25) is 0 Å². The molecule has 6 nitrogen and oxygen atoms in total. The number of hydrogen-bond acceptors (Lipinski definition) is 4. The minimum Gasteiger partial charge on any atom is -0.507 e. The van der Waals surface area contributed by atoms with Crippen molar-refractivity contribution < 1.29 is 19.1 Å². The van der Waals surface area contributed by atoms with Crippen molar-refractivity contribution in [3.05, 3.63) is 100 Å². The summed E-state index contributed by atoms with van der Waals surface area (Å²) >= 11 is 0. The van der Waals surface area contributed by atoms with Crippen LogP contribution in [-0.2, 0) is 15.0 Å². The minimum absolute atomic E-state index is 0.0683. The fraction of sp³-hybridized carbons (Fsp3) is 0.207. The summed E-state index contributed by atoms with van der Waals surface area (Å²) in [4.78, 5) is 35.7. The largest absolute Gasteiger partial charge is 0.507 e. The molecule has 1 aliphatic rings. The molecule has 0 aliphatic carbocycles. The van der Waals surface area contributed by atoms with Gasteiger partial charge in [0.25, 0.3) is 5.78 Å². The number of H-pyrrole nitrogens is 1. The van der Waals surface area contributed by atoms with E-state index in [-0.39, 0.29) is 22.7 Å². The second-order valence-electron chi connectivity index (χ2n) is 10.1. The Labute approximate surface area is 208 Å². The highest BCUT2D eigenvalue weighted by Gasteiger charge is 2.48. The molecule has 2 N–H and O–H groups in total. The van der Waals surface area contributed by atoms with E-state index in [1.807, 2.05) is 43.3 Å². The van der Waals surface area contributed by atoms with Crippen molar-refractivity contribution in [2.75, 3.05) is 4.90 Å². The molecule has 1 unspecified atom stereocenters. The fourth-order valence-electron chi connectivity index (χ4n) is 4.55. The molecule has 0 bridgehead atoms. The summed E-state index contributed by atoms with van der Waals surface area (Å²) in [5.74, 6) is -2.21. The van der Waals surface area contributed by atoms with Gasteiger partial charge in [0.15, 0.2) is 0 Å². The third-order valence-electron chi connectivity index (χ3n) is 6.59. The first-order chi connectivity index (χ1) is 17.1. The number of carbonyl (C=O) groups excluding carboxylic acids is 2. The molecule has 5 rings (SSSR count). The summed E-state index contributed by atoms with van der Waals surface area (Å²) in [6.07, 6.45) is 0. The molecule has 0 radical (unpaired) electrons. The van der Waals surface area contributed by atoms with Crippen LogP contribution in [0.25, 0.3) is 16.8 Å². The first kappa shape index (κ1) is 23.5. The molecular formula is C29H26FN3O3. The molecule has 1 aromatic heterocycles. The summed E-state index contributed by atoms with van der Waals surface area (Å²) in [5, 5.41) is 11.5. The number of aliphatic hydroxyl groups is 1. The van der Waals surface area contributed by atoms with E-state index < -0.39 is 23.5 Å². The molecule has 182 valence electrons. The number of halogens is 1. The molecule has 4 aromatic rings. The standard InChI is InChI=1S/C29H26FN3O3/c1-16-9-12-18(29(2,3)4)15-20(16)25(34)23-24(17-10-13-19(30)14-11-17)33(27(36)26(23)35)28-31-21-7-5-6-8-22(21)32-28/h5-15,24,34H,1-4H3,(H,31,32)/b25-23+.